The van der Waals surface area contributed by atoms with Crippen molar-refractivity contribution in [1.82, 2.24) is 10.2 Å². The molecule has 0 saturated heterocycles. The first-order valence-corrected chi connectivity index (χ1v) is 13.2. The maximum absolute atomic E-state index is 12.8. The second-order valence-corrected chi connectivity index (χ2v) is 10.3. The van der Waals surface area contributed by atoms with E-state index in [1.54, 1.807) is 7.11 Å². The lowest BCUT2D eigenvalue weighted by Crippen LogP contribution is -2.42. The third-order valence-corrected chi connectivity index (χ3v) is 7.32. The molecule has 1 aliphatic rings. The number of carbonyl (C=O) groups is 1. The quantitative estimate of drug-likeness (QED) is 0.360. The highest BCUT2D eigenvalue weighted by atomic mass is 16.5. The Morgan fingerprint density at radius 1 is 1.14 bits per heavy atom. The molecule has 1 N–H and O–H groups in total. The van der Waals surface area contributed by atoms with Gasteiger partial charge < -0.3 is 19.7 Å². The van der Waals surface area contributed by atoms with E-state index in [0.29, 0.717) is 31.4 Å². The van der Waals surface area contributed by atoms with Crippen LogP contribution in [-0.2, 0) is 10.2 Å². The van der Waals surface area contributed by atoms with Gasteiger partial charge in [-0.25, -0.2) is 0 Å². The Hall–Kier alpha value is -2.37. The largest absolute Gasteiger partial charge is 0.497 e. The van der Waals surface area contributed by atoms with Gasteiger partial charge in [-0.2, -0.15) is 0 Å². The number of carbonyl (C=O) groups excluding carboxylic acids is 1. The van der Waals surface area contributed by atoms with Crippen molar-refractivity contribution in [3.8, 4) is 5.75 Å². The van der Waals surface area contributed by atoms with Gasteiger partial charge in [0.15, 0.2) is 0 Å². The molecule has 5 nitrogen and oxygen atoms in total. The smallest absolute Gasteiger partial charge is 0.251 e. The van der Waals surface area contributed by atoms with Crippen molar-refractivity contribution >= 4 is 5.91 Å². The summed E-state index contributed by atoms with van der Waals surface area (Å²) < 4.78 is 11.8. The van der Waals surface area contributed by atoms with Crippen LogP contribution in [0, 0.1) is 12.8 Å². The zero-order chi connectivity index (χ0) is 25.3. The number of rotatable bonds is 15. The van der Waals surface area contributed by atoms with E-state index >= 15 is 0 Å². The van der Waals surface area contributed by atoms with Crippen LogP contribution in [0.15, 0.2) is 48.5 Å². The lowest BCUT2D eigenvalue weighted by Gasteiger charge is -2.38. The highest BCUT2D eigenvalue weighted by Gasteiger charge is 2.36. The summed E-state index contributed by atoms with van der Waals surface area (Å²) in [4.78, 5) is 15.4. The lowest BCUT2D eigenvalue weighted by molar-refractivity contribution is 0.0706. The van der Waals surface area contributed by atoms with E-state index in [0.717, 1.165) is 31.1 Å². The molecule has 0 radical (unpaired) electrons. The van der Waals surface area contributed by atoms with Crippen molar-refractivity contribution in [3.05, 3.63) is 65.2 Å². The number of methoxy groups -OCH3 is 1. The summed E-state index contributed by atoms with van der Waals surface area (Å²) in [6.45, 7) is 12.9. The molecule has 1 amide bonds. The van der Waals surface area contributed by atoms with E-state index in [1.807, 2.05) is 43.3 Å². The molecule has 0 aliphatic heterocycles. The van der Waals surface area contributed by atoms with Gasteiger partial charge in [0.2, 0.25) is 0 Å². The number of nitrogens with zero attached hydrogens (tertiary/aromatic N) is 1. The van der Waals surface area contributed by atoms with Crippen LogP contribution in [-0.4, -0.2) is 56.8 Å². The average Bonchev–Trinajstić information content (AvgIpc) is 3.69. The van der Waals surface area contributed by atoms with Crippen LogP contribution in [0.2, 0.25) is 0 Å². The summed E-state index contributed by atoms with van der Waals surface area (Å²) in [6, 6.07) is 16.3. The van der Waals surface area contributed by atoms with Gasteiger partial charge in [0.25, 0.3) is 5.91 Å². The Bertz CT molecular complexity index is 926. The Balaban J connectivity index is 1.86. The van der Waals surface area contributed by atoms with Crippen LogP contribution in [0.25, 0.3) is 0 Å². The minimum atomic E-state index is -0.227. The number of hydrogen-bond donors (Lipinski definition) is 1. The molecular weight excluding hydrogens is 436 g/mol. The van der Waals surface area contributed by atoms with Crippen LogP contribution in [0.3, 0.4) is 0 Å². The first kappa shape index (κ1) is 27.2. The molecule has 192 valence electrons. The highest BCUT2D eigenvalue weighted by Crippen LogP contribution is 2.38. The van der Waals surface area contributed by atoms with Gasteiger partial charge in [-0.3, -0.25) is 4.79 Å². The van der Waals surface area contributed by atoms with Crippen LogP contribution in [0.5, 0.6) is 5.75 Å². The van der Waals surface area contributed by atoms with E-state index < -0.39 is 0 Å². The molecule has 0 aromatic heterocycles. The van der Waals surface area contributed by atoms with Gasteiger partial charge in [-0.15, -0.1) is 0 Å². The van der Waals surface area contributed by atoms with Crippen molar-refractivity contribution < 1.29 is 14.3 Å². The molecule has 1 fully saturated rings. The molecule has 1 atom stereocenters. The SMILES string of the molecule is CCOCC(CCNC(=O)c1ccccc1)(CCN(CC1CC1)C(C)C)c1cc(OC)ccc1C. The van der Waals surface area contributed by atoms with Crippen molar-refractivity contribution in [1.29, 1.82) is 0 Å². The second-order valence-electron chi connectivity index (χ2n) is 10.3. The molecule has 1 unspecified atom stereocenters. The number of nitrogens with one attached hydrogen (secondary N) is 1. The third-order valence-electron chi connectivity index (χ3n) is 7.32. The molecule has 2 aromatic rings. The Morgan fingerprint density at radius 3 is 2.51 bits per heavy atom. The fourth-order valence-electron chi connectivity index (χ4n) is 4.87. The van der Waals surface area contributed by atoms with E-state index in [2.05, 4.69) is 43.1 Å². The van der Waals surface area contributed by atoms with Crippen molar-refractivity contribution in [2.24, 2.45) is 5.92 Å². The highest BCUT2D eigenvalue weighted by molar-refractivity contribution is 5.94. The number of hydrogen-bond acceptors (Lipinski definition) is 4. The first-order chi connectivity index (χ1) is 16.9. The molecular formula is C30H44N2O3. The minimum Gasteiger partial charge on any atom is -0.497 e. The topological polar surface area (TPSA) is 50.8 Å². The first-order valence-electron chi connectivity index (χ1n) is 13.2. The van der Waals surface area contributed by atoms with Gasteiger partial charge in [0.1, 0.15) is 5.75 Å². The summed E-state index contributed by atoms with van der Waals surface area (Å²) >= 11 is 0. The number of benzene rings is 2. The predicted molar refractivity (Wildman–Crippen MR) is 143 cm³/mol. The average molecular weight is 481 g/mol. The van der Waals surface area contributed by atoms with E-state index in [-0.39, 0.29) is 11.3 Å². The van der Waals surface area contributed by atoms with Gasteiger partial charge in [0.05, 0.1) is 13.7 Å². The fourth-order valence-corrected chi connectivity index (χ4v) is 4.87. The standard InChI is InChI=1S/C30H44N2O3/c1-6-35-22-30(28-20-27(34-5)15-12-24(28)4,17-19-32(23(2)3)21-25-13-14-25)16-18-31-29(33)26-10-8-7-9-11-26/h7-12,15,20,23,25H,6,13-14,16-19,21-22H2,1-5H3,(H,31,33). The summed E-state index contributed by atoms with van der Waals surface area (Å²) in [5.41, 5.74) is 2.96. The number of aryl methyl sites for hydroxylation is 1. The molecule has 0 heterocycles. The van der Waals surface area contributed by atoms with Crippen molar-refractivity contribution in [3.63, 3.8) is 0 Å². The maximum atomic E-state index is 12.8. The Labute approximate surface area is 212 Å². The van der Waals surface area contributed by atoms with Gasteiger partial charge in [-0.05, 0) is 101 Å². The minimum absolute atomic E-state index is 0.0317. The zero-order valence-corrected chi connectivity index (χ0v) is 22.3. The Morgan fingerprint density at radius 2 is 1.89 bits per heavy atom. The van der Waals surface area contributed by atoms with Gasteiger partial charge >= 0.3 is 0 Å². The van der Waals surface area contributed by atoms with Gasteiger partial charge in [0, 0.05) is 36.7 Å². The van der Waals surface area contributed by atoms with E-state index in [4.69, 9.17) is 9.47 Å². The van der Waals surface area contributed by atoms with E-state index in [9.17, 15) is 4.79 Å². The number of ether oxygens (including phenoxy) is 2. The van der Waals surface area contributed by atoms with Gasteiger partial charge in [-0.1, -0.05) is 24.3 Å². The van der Waals surface area contributed by atoms with Crippen LogP contribution >= 0.6 is 0 Å². The zero-order valence-electron chi connectivity index (χ0n) is 22.3. The molecule has 1 saturated carbocycles. The monoisotopic (exact) mass is 480 g/mol. The molecule has 0 bridgehead atoms. The summed E-state index contributed by atoms with van der Waals surface area (Å²) in [5.74, 6) is 1.68. The molecule has 3 rings (SSSR count). The van der Waals surface area contributed by atoms with Crippen molar-refractivity contribution in [2.75, 3.05) is 40.0 Å². The summed E-state index contributed by atoms with van der Waals surface area (Å²) in [6.07, 6.45) is 4.48. The number of amides is 1. The third kappa shape index (κ3) is 7.81. The molecule has 5 heteroatoms. The molecule has 0 spiro atoms. The van der Waals surface area contributed by atoms with E-state index in [1.165, 1.54) is 30.5 Å². The summed E-state index contributed by atoms with van der Waals surface area (Å²) in [7, 11) is 1.72. The van der Waals surface area contributed by atoms with Crippen LogP contribution < -0.4 is 10.1 Å². The summed E-state index contributed by atoms with van der Waals surface area (Å²) in [5, 5.41) is 3.16. The van der Waals surface area contributed by atoms with Crippen molar-refractivity contribution in [2.45, 2.75) is 64.8 Å². The molecule has 1 aliphatic carbocycles. The second kappa shape index (κ2) is 13.1. The Kier molecular flexibility index (Phi) is 10.2. The lowest BCUT2D eigenvalue weighted by atomic mass is 9.73. The van der Waals surface area contributed by atoms with Crippen LogP contribution in [0.4, 0.5) is 0 Å². The fraction of sp³-hybridized carbons (Fsp3) is 0.567. The molecule has 35 heavy (non-hydrogen) atoms. The van der Waals surface area contributed by atoms with Crippen LogP contribution in [0.1, 0.15) is 67.9 Å². The maximum Gasteiger partial charge on any atom is 0.251 e. The molecule has 2 aromatic carbocycles. The normalized spacial score (nSPS) is 15.3. The predicted octanol–water partition coefficient (Wildman–Crippen LogP) is 5.61.